The second kappa shape index (κ2) is 8.70. The predicted octanol–water partition coefficient (Wildman–Crippen LogP) is 3.45. The second-order valence-electron chi connectivity index (χ2n) is 7.95. The Morgan fingerprint density at radius 1 is 1.06 bits per heavy atom. The zero-order chi connectivity index (χ0) is 22.8. The minimum absolute atomic E-state index is 0.0350. The van der Waals surface area contributed by atoms with Crippen molar-refractivity contribution in [2.45, 2.75) is 39.3 Å². The molecule has 0 spiro atoms. The lowest BCUT2D eigenvalue weighted by atomic mass is 10.0. The fourth-order valence-corrected chi connectivity index (χ4v) is 3.56. The normalized spacial score (nSPS) is 15.1. The van der Waals surface area contributed by atoms with Crippen LogP contribution in [0.4, 0.5) is 0 Å². The molecule has 0 saturated carbocycles. The lowest BCUT2D eigenvalue weighted by molar-refractivity contribution is -0.155. The number of aromatic nitrogens is 3. The van der Waals surface area contributed by atoms with Crippen molar-refractivity contribution in [1.29, 1.82) is 0 Å². The number of ether oxygens (including phenoxy) is 1. The number of benzene rings is 1. The van der Waals surface area contributed by atoms with E-state index in [1.54, 1.807) is 55.7 Å². The summed E-state index contributed by atoms with van der Waals surface area (Å²) >= 11 is 0. The van der Waals surface area contributed by atoms with E-state index in [1.807, 2.05) is 13.8 Å². The summed E-state index contributed by atoms with van der Waals surface area (Å²) in [5.41, 5.74) is 1.22. The lowest BCUT2D eigenvalue weighted by Crippen LogP contribution is -2.46. The minimum atomic E-state index is -1.06. The SMILES string of the molecule is CC(C)CC(C(=O)OC(C)c1nc(-c2cccnc2)no1)N1C(=O)c2ccccc2C1=O. The van der Waals surface area contributed by atoms with Gasteiger partial charge in [-0.25, -0.2) is 4.79 Å². The van der Waals surface area contributed by atoms with Crippen molar-refractivity contribution >= 4 is 17.8 Å². The molecule has 1 aromatic carbocycles. The maximum Gasteiger partial charge on any atom is 0.330 e. The number of imide groups is 1. The molecule has 0 aliphatic carbocycles. The van der Waals surface area contributed by atoms with Gasteiger partial charge in [-0.05, 0) is 43.5 Å². The molecule has 2 aromatic heterocycles. The summed E-state index contributed by atoms with van der Waals surface area (Å²) in [4.78, 5) is 48.2. The molecule has 2 atom stereocenters. The largest absolute Gasteiger partial charge is 0.451 e. The Kier molecular flexibility index (Phi) is 5.81. The molecule has 9 heteroatoms. The van der Waals surface area contributed by atoms with E-state index in [2.05, 4.69) is 15.1 Å². The van der Waals surface area contributed by atoms with E-state index in [4.69, 9.17) is 9.26 Å². The van der Waals surface area contributed by atoms with Crippen molar-refractivity contribution in [3.05, 3.63) is 65.8 Å². The molecule has 1 aliphatic rings. The summed E-state index contributed by atoms with van der Waals surface area (Å²) in [7, 11) is 0. The van der Waals surface area contributed by atoms with Gasteiger partial charge in [0.1, 0.15) is 6.04 Å². The van der Waals surface area contributed by atoms with Gasteiger partial charge in [0.2, 0.25) is 5.82 Å². The van der Waals surface area contributed by atoms with Crippen LogP contribution in [0.5, 0.6) is 0 Å². The Labute approximate surface area is 184 Å². The number of amides is 2. The van der Waals surface area contributed by atoms with E-state index >= 15 is 0 Å². The molecule has 164 valence electrons. The molecule has 1 aliphatic heterocycles. The first kappa shape index (κ1) is 21.4. The topological polar surface area (TPSA) is 115 Å². The number of rotatable bonds is 7. The highest BCUT2D eigenvalue weighted by Gasteiger charge is 2.44. The molecule has 2 unspecified atom stereocenters. The van der Waals surface area contributed by atoms with E-state index in [0.29, 0.717) is 11.4 Å². The van der Waals surface area contributed by atoms with Crippen molar-refractivity contribution in [3.8, 4) is 11.4 Å². The van der Waals surface area contributed by atoms with E-state index in [1.165, 1.54) is 0 Å². The number of pyridine rings is 1. The number of hydrogen-bond donors (Lipinski definition) is 0. The third-order valence-corrected chi connectivity index (χ3v) is 5.11. The van der Waals surface area contributed by atoms with Crippen molar-refractivity contribution in [2.24, 2.45) is 5.92 Å². The predicted molar refractivity (Wildman–Crippen MR) is 112 cm³/mol. The average Bonchev–Trinajstić information content (AvgIpc) is 3.37. The Hall–Kier alpha value is -3.88. The first-order valence-corrected chi connectivity index (χ1v) is 10.3. The van der Waals surface area contributed by atoms with E-state index in [9.17, 15) is 14.4 Å². The van der Waals surface area contributed by atoms with Crippen LogP contribution in [-0.4, -0.2) is 43.9 Å². The second-order valence-corrected chi connectivity index (χ2v) is 7.95. The van der Waals surface area contributed by atoms with Crippen molar-refractivity contribution in [1.82, 2.24) is 20.0 Å². The molecule has 0 N–H and O–H groups in total. The van der Waals surface area contributed by atoms with E-state index in [-0.39, 0.29) is 29.4 Å². The molecule has 3 aromatic rings. The van der Waals surface area contributed by atoms with Crippen LogP contribution in [0.3, 0.4) is 0 Å². The lowest BCUT2D eigenvalue weighted by Gasteiger charge is -2.26. The van der Waals surface area contributed by atoms with Gasteiger partial charge in [0.05, 0.1) is 11.1 Å². The van der Waals surface area contributed by atoms with Crippen LogP contribution in [0.2, 0.25) is 0 Å². The van der Waals surface area contributed by atoms with Gasteiger partial charge < -0.3 is 9.26 Å². The Morgan fingerprint density at radius 3 is 2.34 bits per heavy atom. The van der Waals surface area contributed by atoms with Gasteiger partial charge in [0, 0.05) is 18.0 Å². The zero-order valence-corrected chi connectivity index (χ0v) is 17.9. The van der Waals surface area contributed by atoms with Crippen LogP contribution in [0.1, 0.15) is 59.9 Å². The Balaban J connectivity index is 1.54. The summed E-state index contributed by atoms with van der Waals surface area (Å²) < 4.78 is 10.8. The van der Waals surface area contributed by atoms with Gasteiger partial charge in [0.15, 0.2) is 6.10 Å². The maximum absolute atomic E-state index is 13.1. The van der Waals surface area contributed by atoms with Gasteiger partial charge in [-0.15, -0.1) is 0 Å². The van der Waals surface area contributed by atoms with Crippen LogP contribution < -0.4 is 0 Å². The number of esters is 1. The van der Waals surface area contributed by atoms with Gasteiger partial charge in [-0.3, -0.25) is 19.5 Å². The van der Waals surface area contributed by atoms with Crippen LogP contribution in [0.25, 0.3) is 11.4 Å². The van der Waals surface area contributed by atoms with E-state index < -0.39 is 29.9 Å². The molecule has 0 bridgehead atoms. The molecule has 0 saturated heterocycles. The van der Waals surface area contributed by atoms with E-state index in [0.717, 1.165) is 4.90 Å². The summed E-state index contributed by atoms with van der Waals surface area (Å²) in [6, 6.07) is 8.97. The highest BCUT2D eigenvalue weighted by Crippen LogP contribution is 2.29. The number of hydrogen-bond acceptors (Lipinski definition) is 8. The summed E-state index contributed by atoms with van der Waals surface area (Å²) in [6.07, 6.45) is 2.61. The highest BCUT2D eigenvalue weighted by molar-refractivity contribution is 6.22. The first-order chi connectivity index (χ1) is 15.4. The average molecular weight is 434 g/mol. The molecule has 4 rings (SSSR count). The van der Waals surface area contributed by atoms with Crippen molar-refractivity contribution in [2.75, 3.05) is 0 Å². The fraction of sp³-hybridized carbons (Fsp3) is 0.304. The summed E-state index contributed by atoms with van der Waals surface area (Å²) in [5, 5.41) is 3.90. The minimum Gasteiger partial charge on any atom is -0.451 e. The van der Waals surface area contributed by atoms with Crippen molar-refractivity contribution < 1.29 is 23.6 Å². The molecular formula is C23H22N4O5. The highest BCUT2D eigenvalue weighted by atomic mass is 16.6. The smallest absolute Gasteiger partial charge is 0.330 e. The molecule has 0 fully saturated rings. The number of carbonyl (C=O) groups excluding carboxylic acids is 3. The Bertz CT molecular complexity index is 1120. The van der Waals surface area contributed by atoms with Gasteiger partial charge in [-0.1, -0.05) is 31.1 Å². The van der Waals surface area contributed by atoms with Gasteiger partial charge in [0.25, 0.3) is 17.7 Å². The summed E-state index contributed by atoms with van der Waals surface area (Å²) in [6.45, 7) is 5.40. The molecule has 0 radical (unpaired) electrons. The van der Waals surface area contributed by atoms with Gasteiger partial charge in [-0.2, -0.15) is 4.98 Å². The third kappa shape index (κ3) is 4.01. The molecule has 3 heterocycles. The molecule has 9 nitrogen and oxygen atoms in total. The van der Waals surface area contributed by atoms with Crippen LogP contribution >= 0.6 is 0 Å². The fourth-order valence-electron chi connectivity index (χ4n) is 3.56. The zero-order valence-electron chi connectivity index (χ0n) is 17.9. The number of fused-ring (bicyclic) bond motifs is 1. The van der Waals surface area contributed by atoms with Crippen LogP contribution in [0.15, 0.2) is 53.3 Å². The standard InChI is InChI=1S/C23H22N4O5/c1-13(2)11-18(27-21(28)16-8-4-5-9-17(16)22(27)29)23(30)31-14(3)20-25-19(26-32-20)15-7-6-10-24-12-15/h4-10,12-14,18H,11H2,1-3H3. The quantitative estimate of drug-likeness (QED) is 0.410. The molecule has 32 heavy (non-hydrogen) atoms. The molecule has 2 amide bonds. The van der Waals surface area contributed by atoms with Crippen LogP contribution in [-0.2, 0) is 9.53 Å². The van der Waals surface area contributed by atoms with Gasteiger partial charge >= 0.3 is 5.97 Å². The van der Waals surface area contributed by atoms with Crippen LogP contribution in [0, 0.1) is 5.92 Å². The molecular weight excluding hydrogens is 412 g/mol. The Morgan fingerprint density at radius 2 is 1.75 bits per heavy atom. The monoisotopic (exact) mass is 434 g/mol. The summed E-state index contributed by atoms with van der Waals surface area (Å²) in [5.74, 6) is -1.26. The number of carbonyl (C=O) groups is 3. The third-order valence-electron chi connectivity index (χ3n) is 5.11. The van der Waals surface area contributed by atoms with Crippen molar-refractivity contribution in [3.63, 3.8) is 0 Å². The number of nitrogens with zero attached hydrogens (tertiary/aromatic N) is 4. The first-order valence-electron chi connectivity index (χ1n) is 10.3. The maximum atomic E-state index is 13.1.